The first-order chi connectivity index (χ1) is 9.97. The molecule has 1 aromatic rings. The Hall–Kier alpha value is -1.93. The van der Waals surface area contributed by atoms with Crippen molar-refractivity contribution in [3.05, 3.63) is 38.8 Å². The molecule has 1 fully saturated rings. The van der Waals surface area contributed by atoms with Crippen LogP contribution in [0.2, 0.25) is 0 Å². The van der Waals surface area contributed by atoms with E-state index in [9.17, 15) is 14.9 Å². The first-order valence-electron chi connectivity index (χ1n) is 6.05. The highest BCUT2D eigenvalue weighted by atomic mass is 32.2. The topological polar surface area (TPSA) is 72.7 Å². The molecular weight excluding hydrogens is 312 g/mol. The molecule has 1 aromatic carbocycles. The molecule has 6 nitrogen and oxygen atoms in total. The molecule has 1 saturated heterocycles. The smallest absolute Gasteiger partial charge is 0.311 e. The summed E-state index contributed by atoms with van der Waals surface area (Å²) in [7, 11) is 1.37. The maximum Gasteiger partial charge on any atom is 0.311 e. The zero-order chi connectivity index (χ0) is 15.6. The van der Waals surface area contributed by atoms with Crippen LogP contribution in [0.1, 0.15) is 12.5 Å². The minimum Gasteiger partial charge on any atom is -0.490 e. The molecular formula is C13H12N2O4S2. The van der Waals surface area contributed by atoms with Crippen molar-refractivity contribution < 1.29 is 14.5 Å². The molecule has 8 heteroatoms. The Bertz CT molecular complexity index is 658. The number of nitro benzene ring substituents is 1. The van der Waals surface area contributed by atoms with Gasteiger partial charge in [0.25, 0.3) is 5.91 Å². The largest absolute Gasteiger partial charge is 0.490 e. The van der Waals surface area contributed by atoms with Gasteiger partial charge in [0.15, 0.2) is 5.75 Å². The van der Waals surface area contributed by atoms with E-state index in [1.807, 2.05) is 6.92 Å². The number of nitro groups is 1. The second-order valence-electron chi connectivity index (χ2n) is 4.11. The van der Waals surface area contributed by atoms with Gasteiger partial charge < -0.3 is 4.74 Å². The van der Waals surface area contributed by atoms with Crippen molar-refractivity contribution in [2.24, 2.45) is 0 Å². The van der Waals surface area contributed by atoms with E-state index in [2.05, 4.69) is 0 Å². The number of rotatable bonds is 4. The highest BCUT2D eigenvalue weighted by Crippen LogP contribution is 2.34. The van der Waals surface area contributed by atoms with Crippen molar-refractivity contribution >= 4 is 46.0 Å². The van der Waals surface area contributed by atoms with Crippen LogP contribution in [0.5, 0.6) is 5.75 Å². The van der Waals surface area contributed by atoms with E-state index in [0.29, 0.717) is 21.3 Å². The third-order valence-electron chi connectivity index (χ3n) is 2.89. The van der Waals surface area contributed by atoms with E-state index >= 15 is 0 Å². The number of nitrogens with zero attached hydrogens (tertiary/aromatic N) is 2. The summed E-state index contributed by atoms with van der Waals surface area (Å²) in [5.41, 5.74) is 0.413. The second kappa shape index (κ2) is 6.23. The lowest BCUT2D eigenvalue weighted by atomic mass is 10.1. The number of hydrogen-bond acceptors (Lipinski definition) is 6. The fourth-order valence-corrected chi connectivity index (χ4v) is 3.25. The number of benzene rings is 1. The number of ether oxygens (including phenoxy) is 1. The number of carbonyl (C=O) groups is 1. The van der Waals surface area contributed by atoms with E-state index in [1.54, 1.807) is 12.1 Å². The third-order valence-corrected chi connectivity index (χ3v) is 4.26. The van der Waals surface area contributed by atoms with Crippen molar-refractivity contribution in [1.29, 1.82) is 0 Å². The monoisotopic (exact) mass is 324 g/mol. The third kappa shape index (κ3) is 3.06. The first-order valence-corrected chi connectivity index (χ1v) is 7.28. The predicted octanol–water partition coefficient (Wildman–Crippen LogP) is 2.82. The van der Waals surface area contributed by atoms with Gasteiger partial charge in [0.2, 0.25) is 0 Å². The molecule has 0 saturated carbocycles. The van der Waals surface area contributed by atoms with Crippen molar-refractivity contribution in [3.63, 3.8) is 0 Å². The van der Waals surface area contributed by atoms with Crippen LogP contribution < -0.4 is 4.74 Å². The quantitative estimate of drug-likeness (QED) is 0.367. The highest BCUT2D eigenvalue weighted by molar-refractivity contribution is 8.26. The van der Waals surface area contributed by atoms with Gasteiger partial charge in [-0.2, -0.15) is 0 Å². The van der Waals surface area contributed by atoms with E-state index in [1.165, 1.54) is 35.9 Å². The average Bonchev–Trinajstić information content (AvgIpc) is 2.72. The fourth-order valence-electron chi connectivity index (χ4n) is 1.86. The Balaban J connectivity index is 2.38. The lowest BCUT2D eigenvalue weighted by molar-refractivity contribution is -0.385. The molecule has 0 atom stereocenters. The molecule has 0 radical (unpaired) electrons. The molecule has 0 spiro atoms. The lowest BCUT2D eigenvalue weighted by Gasteiger charge is -2.09. The molecule has 1 aliphatic heterocycles. The van der Waals surface area contributed by atoms with Gasteiger partial charge >= 0.3 is 5.69 Å². The van der Waals surface area contributed by atoms with Gasteiger partial charge in [-0.15, -0.1) is 0 Å². The molecule has 0 bridgehead atoms. The molecule has 0 unspecified atom stereocenters. The molecule has 0 aromatic heterocycles. The van der Waals surface area contributed by atoms with Crippen LogP contribution in [0.25, 0.3) is 6.08 Å². The summed E-state index contributed by atoms with van der Waals surface area (Å²) in [4.78, 5) is 24.5. The summed E-state index contributed by atoms with van der Waals surface area (Å²) in [6, 6.07) is 4.53. The standard InChI is InChI=1S/C13H12N2O4S2/c1-3-14-12(16)11(21-13(14)20)7-8-4-5-10(19-2)9(6-8)15(17)18/h4-7H,3H2,1-2H3/b11-7-. The van der Waals surface area contributed by atoms with Crippen molar-refractivity contribution in [1.82, 2.24) is 4.90 Å². The number of likely N-dealkylation sites (N-methyl/N-ethyl adjacent to an activating group) is 1. The maximum absolute atomic E-state index is 12.1. The van der Waals surface area contributed by atoms with Gasteiger partial charge in [-0.1, -0.05) is 30.0 Å². The summed E-state index contributed by atoms with van der Waals surface area (Å²) in [5, 5.41) is 11.0. The number of methoxy groups -OCH3 is 1. The van der Waals surface area contributed by atoms with Crippen molar-refractivity contribution in [2.75, 3.05) is 13.7 Å². The number of thioether (sulfide) groups is 1. The zero-order valence-electron chi connectivity index (χ0n) is 11.4. The highest BCUT2D eigenvalue weighted by Gasteiger charge is 2.30. The normalized spacial score (nSPS) is 16.7. The van der Waals surface area contributed by atoms with Crippen LogP contribution in [-0.2, 0) is 4.79 Å². The SMILES string of the molecule is CCN1C(=O)/C(=C/c2ccc(OC)c([N+](=O)[O-])c2)SC1=S. The van der Waals surface area contributed by atoms with Gasteiger partial charge in [0, 0.05) is 12.6 Å². The molecule has 0 aliphatic carbocycles. The van der Waals surface area contributed by atoms with E-state index < -0.39 is 4.92 Å². The Morgan fingerprint density at radius 1 is 1.52 bits per heavy atom. The Kier molecular flexibility index (Phi) is 4.59. The van der Waals surface area contributed by atoms with Crippen LogP contribution in [0.3, 0.4) is 0 Å². The van der Waals surface area contributed by atoms with Crippen molar-refractivity contribution in [3.8, 4) is 5.75 Å². The Morgan fingerprint density at radius 2 is 2.24 bits per heavy atom. The zero-order valence-corrected chi connectivity index (χ0v) is 13.0. The van der Waals surface area contributed by atoms with Crippen molar-refractivity contribution in [2.45, 2.75) is 6.92 Å². The van der Waals surface area contributed by atoms with Crippen LogP contribution in [0.4, 0.5) is 5.69 Å². The fraction of sp³-hybridized carbons (Fsp3) is 0.231. The summed E-state index contributed by atoms with van der Waals surface area (Å²) < 4.78 is 5.44. The van der Waals surface area contributed by atoms with Gasteiger partial charge in [-0.25, -0.2) is 0 Å². The predicted molar refractivity (Wildman–Crippen MR) is 85.2 cm³/mol. The van der Waals surface area contributed by atoms with Gasteiger partial charge in [0.1, 0.15) is 4.32 Å². The minimum absolute atomic E-state index is 0.141. The summed E-state index contributed by atoms with van der Waals surface area (Å²) >= 11 is 6.31. The van der Waals surface area contributed by atoms with E-state index in [0.717, 1.165) is 0 Å². The van der Waals surface area contributed by atoms with Crippen LogP contribution in [-0.4, -0.2) is 33.7 Å². The second-order valence-corrected chi connectivity index (χ2v) is 5.79. The van der Waals surface area contributed by atoms with Gasteiger partial charge in [-0.05, 0) is 24.6 Å². The Labute approximate surface area is 130 Å². The van der Waals surface area contributed by atoms with Gasteiger partial charge in [0.05, 0.1) is 16.9 Å². The first kappa shape index (κ1) is 15.5. The lowest BCUT2D eigenvalue weighted by Crippen LogP contribution is -2.27. The number of thiocarbonyl (C=S) groups is 1. The molecule has 110 valence electrons. The maximum atomic E-state index is 12.1. The molecule has 1 heterocycles. The van der Waals surface area contributed by atoms with Crippen LogP contribution in [0, 0.1) is 10.1 Å². The molecule has 21 heavy (non-hydrogen) atoms. The van der Waals surface area contributed by atoms with Crippen LogP contribution >= 0.6 is 24.0 Å². The van der Waals surface area contributed by atoms with E-state index in [4.69, 9.17) is 17.0 Å². The number of amides is 1. The summed E-state index contributed by atoms with van der Waals surface area (Å²) in [6.07, 6.45) is 1.60. The summed E-state index contributed by atoms with van der Waals surface area (Å²) in [5.74, 6) is 0.00392. The number of hydrogen-bond donors (Lipinski definition) is 0. The molecule has 1 amide bonds. The number of carbonyl (C=O) groups excluding carboxylic acids is 1. The van der Waals surface area contributed by atoms with E-state index in [-0.39, 0.29) is 17.3 Å². The molecule has 0 N–H and O–H groups in total. The minimum atomic E-state index is -0.520. The van der Waals surface area contributed by atoms with Crippen LogP contribution in [0.15, 0.2) is 23.1 Å². The molecule has 2 rings (SSSR count). The molecule has 1 aliphatic rings. The Morgan fingerprint density at radius 3 is 2.76 bits per heavy atom. The van der Waals surface area contributed by atoms with Gasteiger partial charge in [-0.3, -0.25) is 19.8 Å². The summed E-state index contributed by atoms with van der Waals surface area (Å²) in [6.45, 7) is 2.34. The average molecular weight is 324 g/mol.